The van der Waals surface area contributed by atoms with Gasteiger partial charge < -0.3 is 35.2 Å². The van der Waals surface area contributed by atoms with Gasteiger partial charge in [0, 0.05) is 31.3 Å². The zero-order valence-electron chi connectivity index (χ0n) is 25.0. The third-order valence-corrected chi connectivity index (χ3v) is 7.66. The van der Waals surface area contributed by atoms with E-state index in [0.717, 1.165) is 44.7 Å². The molecule has 1 atom stereocenters. The summed E-state index contributed by atoms with van der Waals surface area (Å²) in [7, 11) is -3.63. The van der Waals surface area contributed by atoms with Crippen LogP contribution in [0.2, 0.25) is 0 Å². The van der Waals surface area contributed by atoms with Crippen LogP contribution in [0.3, 0.4) is 0 Å². The Kier molecular flexibility index (Phi) is 17.0. The number of carboxylic acid groups (broad SMARTS) is 1. The summed E-state index contributed by atoms with van der Waals surface area (Å²) in [5.74, 6) is -0.808. The number of sulfonamides is 1. The van der Waals surface area contributed by atoms with Gasteiger partial charge in [-0.25, -0.2) is 8.42 Å². The number of aliphatic hydroxyl groups excluding tert-OH is 2. The first-order valence-corrected chi connectivity index (χ1v) is 15.9. The predicted octanol–water partition coefficient (Wildman–Crippen LogP) is 4.19. The number of anilines is 1. The number of phenols is 1. The fourth-order valence-electron chi connectivity index (χ4n) is 4.05. The SMILES string of the molecule is CC(=O)O.O=S(=O)(Nc1cccc(COCCOCCCCCCNC[C@H](O)c2ccc(O)c(CO)c2)c1)c1ccccc1. The second kappa shape index (κ2) is 20.4. The number of rotatable bonds is 19. The Labute approximate surface area is 259 Å². The first kappa shape index (κ1) is 36.7. The molecule has 0 fully saturated rings. The Bertz CT molecular complexity index is 1350. The van der Waals surface area contributed by atoms with Crippen molar-refractivity contribution in [3.8, 4) is 5.75 Å². The second-order valence-electron chi connectivity index (χ2n) is 9.98. The second-order valence-corrected chi connectivity index (χ2v) is 11.7. The summed E-state index contributed by atoms with van der Waals surface area (Å²) in [6.07, 6.45) is 3.37. The van der Waals surface area contributed by atoms with Crippen LogP contribution >= 0.6 is 0 Å². The molecule has 44 heavy (non-hydrogen) atoms. The van der Waals surface area contributed by atoms with E-state index in [1.54, 1.807) is 60.7 Å². The van der Waals surface area contributed by atoms with Crippen molar-refractivity contribution in [2.24, 2.45) is 0 Å². The summed E-state index contributed by atoms with van der Waals surface area (Å²) in [4.78, 5) is 9.21. The number of unbranched alkanes of at least 4 members (excludes halogenated alkanes) is 3. The van der Waals surface area contributed by atoms with Crippen molar-refractivity contribution in [3.63, 3.8) is 0 Å². The average molecular weight is 633 g/mol. The molecule has 0 aliphatic rings. The van der Waals surface area contributed by atoms with Gasteiger partial charge in [-0.15, -0.1) is 0 Å². The Hall–Kier alpha value is -3.52. The van der Waals surface area contributed by atoms with Gasteiger partial charge in [0.05, 0.1) is 37.4 Å². The van der Waals surface area contributed by atoms with Crippen LogP contribution < -0.4 is 10.0 Å². The Balaban J connectivity index is 0.00000159. The summed E-state index contributed by atoms with van der Waals surface area (Å²) in [5.41, 5.74) is 2.42. The Morgan fingerprint density at radius 1 is 0.886 bits per heavy atom. The van der Waals surface area contributed by atoms with Crippen molar-refractivity contribution in [2.45, 2.75) is 56.8 Å². The first-order valence-electron chi connectivity index (χ1n) is 14.5. The van der Waals surface area contributed by atoms with E-state index in [-0.39, 0.29) is 17.3 Å². The maximum absolute atomic E-state index is 12.5. The van der Waals surface area contributed by atoms with Crippen molar-refractivity contribution in [1.82, 2.24) is 5.32 Å². The highest BCUT2D eigenvalue weighted by molar-refractivity contribution is 7.92. The number of nitrogens with one attached hydrogen (secondary N) is 2. The molecule has 3 rings (SSSR count). The molecule has 3 aromatic rings. The molecule has 0 radical (unpaired) electrons. The molecular weight excluding hydrogens is 588 g/mol. The number of hydrogen-bond donors (Lipinski definition) is 6. The van der Waals surface area contributed by atoms with E-state index in [9.17, 15) is 23.7 Å². The van der Waals surface area contributed by atoms with Crippen molar-refractivity contribution >= 4 is 21.7 Å². The molecule has 0 bridgehead atoms. The highest BCUT2D eigenvalue weighted by Crippen LogP contribution is 2.22. The highest BCUT2D eigenvalue weighted by Gasteiger charge is 2.13. The fourth-order valence-corrected chi connectivity index (χ4v) is 5.12. The summed E-state index contributed by atoms with van der Waals surface area (Å²) in [6, 6.07) is 20.1. The van der Waals surface area contributed by atoms with Gasteiger partial charge in [0.2, 0.25) is 0 Å². The van der Waals surface area contributed by atoms with E-state index >= 15 is 0 Å². The zero-order chi connectivity index (χ0) is 32.2. The van der Waals surface area contributed by atoms with Crippen molar-refractivity contribution in [1.29, 1.82) is 0 Å². The van der Waals surface area contributed by atoms with E-state index < -0.39 is 22.1 Å². The quantitative estimate of drug-likeness (QED) is 0.105. The first-order chi connectivity index (χ1) is 21.1. The van der Waals surface area contributed by atoms with Crippen molar-refractivity contribution in [3.05, 3.63) is 89.5 Å². The lowest BCUT2D eigenvalue weighted by Gasteiger charge is -2.14. The van der Waals surface area contributed by atoms with Crippen LogP contribution in [0.1, 0.15) is 55.4 Å². The lowest BCUT2D eigenvalue weighted by Crippen LogP contribution is -2.22. The number of aliphatic hydroxyl groups is 2. The third kappa shape index (κ3) is 14.8. The summed E-state index contributed by atoms with van der Waals surface area (Å²) in [6.45, 7) is 4.00. The molecule has 0 saturated carbocycles. The van der Waals surface area contributed by atoms with E-state index in [1.807, 2.05) is 6.07 Å². The van der Waals surface area contributed by atoms with E-state index in [0.29, 0.717) is 49.8 Å². The molecule has 0 aliphatic carbocycles. The Morgan fingerprint density at radius 2 is 1.59 bits per heavy atom. The fraction of sp³-hybridized carbons (Fsp3) is 0.406. The molecule has 6 N–H and O–H groups in total. The standard InChI is InChI=1S/C30H40N2O7S.C2H4O2/c33-22-26-20-25(13-14-29(26)34)30(35)21-31-15-6-1-2-7-16-38-17-18-39-23-24-9-8-10-27(19-24)32-40(36,37)28-11-4-3-5-12-28;1-2(3)4/h3-5,8-14,19-20,30-35H,1-2,6-7,15-18,21-23H2;1H3,(H,3,4)/t30-;/m0./s1. The number of ether oxygens (including phenoxy) is 2. The van der Waals surface area contributed by atoms with Gasteiger partial charge in [-0.2, -0.15) is 0 Å². The van der Waals surface area contributed by atoms with Crippen LogP contribution in [0.5, 0.6) is 5.75 Å². The molecule has 242 valence electrons. The molecule has 11 nitrogen and oxygen atoms in total. The van der Waals surface area contributed by atoms with Gasteiger partial charge in [0.1, 0.15) is 5.75 Å². The monoisotopic (exact) mass is 632 g/mol. The van der Waals surface area contributed by atoms with Gasteiger partial charge in [-0.3, -0.25) is 9.52 Å². The minimum Gasteiger partial charge on any atom is -0.508 e. The highest BCUT2D eigenvalue weighted by atomic mass is 32.2. The number of aromatic hydroxyl groups is 1. The molecular formula is C32H44N2O9S. The Morgan fingerprint density at radius 3 is 2.32 bits per heavy atom. The number of hydrogen-bond acceptors (Lipinski definition) is 9. The molecule has 0 spiro atoms. The van der Waals surface area contributed by atoms with E-state index in [2.05, 4.69) is 10.0 Å². The molecule has 0 aliphatic heterocycles. The normalized spacial score (nSPS) is 11.8. The van der Waals surface area contributed by atoms with Gasteiger partial charge >= 0.3 is 0 Å². The lowest BCUT2D eigenvalue weighted by molar-refractivity contribution is -0.134. The zero-order valence-corrected chi connectivity index (χ0v) is 25.8. The van der Waals surface area contributed by atoms with Crippen molar-refractivity contribution < 1.29 is 43.1 Å². The minimum absolute atomic E-state index is 0.0258. The molecule has 0 saturated heterocycles. The van der Waals surface area contributed by atoms with Crippen LogP contribution in [0, 0.1) is 0 Å². The lowest BCUT2D eigenvalue weighted by atomic mass is 10.1. The van der Waals surface area contributed by atoms with Crippen LogP contribution in [-0.4, -0.2) is 67.7 Å². The largest absolute Gasteiger partial charge is 0.508 e. The third-order valence-electron chi connectivity index (χ3n) is 6.26. The maximum atomic E-state index is 12.5. The molecule has 0 unspecified atom stereocenters. The summed E-state index contributed by atoms with van der Waals surface area (Å²) < 4.78 is 38.9. The summed E-state index contributed by atoms with van der Waals surface area (Å²) in [5, 5.41) is 39.8. The molecule has 0 aromatic heterocycles. The minimum atomic E-state index is -3.63. The molecule has 0 amide bonds. The van der Waals surface area contributed by atoms with Crippen LogP contribution in [0.4, 0.5) is 5.69 Å². The van der Waals surface area contributed by atoms with E-state index in [1.165, 1.54) is 6.07 Å². The topological polar surface area (TPSA) is 175 Å². The molecule has 0 heterocycles. The predicted molar refractivity (Wildman–Crippen MR) is 168 cm³/mol. The number of aliphatic carboxylic acids is 1. The van der Waals surface area contributed by atoms with E-state index in [4.69, 9.17) is 19.4 Å². The number of benzene rings is 3. The van der Waals surface area contributed by atoms with Gasteiger partial charge in [0.25, 0.3) is 16.0 Å². The number of carbonyl (C=O) groups is 1. The summed E-state index contributed by atoms with van der Waals surface area (Å²) >= 11 is 0. The maximum Gasteiger partial charge on any atom is 0.300 e. The van der Waals surface area contributed by atoms with Crippen molar-refractivity contribution in [2.75, 3.05) is 37.6 Å². The van der Waals surface area contributed by atoms with Gasteiger partial charge in [-0.1, -0.05) is 49.2 Å². The van der Waals surface area contributed by atoms with Gasteiger partial charge in [-0.05, 0) is 66.9 Å². The van der Waals surface area contributed by atoms with Crippen LogP contribution in [-0.2, 0) is 37.5 Å². The number of carboxylic acids is 1. The molecule has 3 aromatic carbocycles. The smallest absolute Gasteiger partial charge is 0.300 e. The molecule has 12 heteroatoms. The van der Waals surface area contributed by atoms with Crippen LogP contribution in [0.15, 0.2) is 77.7 Å². The van der Waals surface area contributed by atoms with Crippen LogP contribution in [0.25, 0.3) is 0 Å². The average Bonchev–Trinajstić information content (AvgIpc) is 2.99. The van der Waals surface area contributed by atoms with Gasteiger partial charge in [0.15, 0.2) is 0 Å².